The van der Waals surface area contributed by atoms with Crippen LogP contribution in [0, 0.1) is 11.7 Å². The Morgan fingerprint density at radius 2 is 2.14 bits per heavy atom. The first-order valence-electron chi connectivity index (χ1n) is 9.97. The van der Waals surface area contributed by atoms with Crippen LogP contribution >= 0.6 is 0 Å². The molecular formula is C21H26FN5O2. The van der Waals surface area contributed by atoms with E-state index in [1.54, 1.807) is 6.07 Å². The molecule has 154 valence electrons. The van der Waals surface area contributed by atoms with Gasteiger partial charge in [-0.2, -0.15) is 0 Å². The third-order valence-corrected chi connectivity index (χ3v) is 5.83. The summed E-state index contributed by atoms with van der Waals surface area (Å²) >= 11 is 0. The highest BCUT2D eigenvalue weighted by atomic mass is 19.1. The smallest absolute Gasteiger partial charge is 0.337 e. The van der Waals surface area contributed by atoms with Gasteiger partial charge in [0.15, 0.2) is 0 Å². The number of fused-ring (bicyclic) bond motifs is 1. The van der Waals surface area contributed by atoms with Gasteiger partial charge in [0, 0.05) is 18.3 Å². The Labute approximate surface area is 169 Å². The molecule has 1 saturated heterocycles. The zero-order valence-electron chi connectivity index (χ0n) is 16.4. The Kier molecular flexibility index (Phi) is 5.64. The largest absolute Gasteiger partial charge is 0.478 e. The molecule has 0 amide bonds. The lowest BCUT2D eigenvalue weighted by Crippen LogP contribution is -2.39. The predicted octanol–water partition coefficient (Wildman–Crippen LogP) is 3.09. The molecule has 4 rings (SSSR count). The molecule has 1 unspecified atom stereocenters. The molecule has 0 bridgehead atoms. The van der Waals surface area contributed by atoms with Crippen molar-refractivity contribution in [3.8, 4) is 0 Å². The van der Waals surface area contributed by atoms with Crippen LogP contribution in [0.4, 0.5) is 15.8 Å². The van der Waals surface area contributed by atoms with Crippen LogP contribution in [0.1, 0.15) is 41.3 Å². The fourth-order valence-corrected chi connectivity index (χ4v) is 4.11. The summed E-state index contributed by atoms with van der Waals surface area (Å²) in [4.78, 5) is 17.9. The number of piperidine rings is 1. The van der Waals surface area contributed by atoms with E-state index in [4.69, 9.17) is 0 Å². The number of carbonyl (C=O) groups is 1. The van der Waals surface area contributed by atoms with E-state index in [1.807, 2.05) is 5.01 Å². The minimum atomic E-state index is -1.04. The van der Waals surface area contributed by atoms with Crippen molar-refractivity contribution in [2.75, 3.05) is 37.0 Å². The number of rotatable bonds is 6. The number of carboxylic acids is 1. The molecule has 7 nitrogen and oxygen atoms in total. The maximum Gasteiger partial charge on any atom is 0.337 e. The SMILES string of the molecule is CN1CCC(CCN2NC(Nc3cnccc3C(=O)O)c3cc(F)ccc32)CC1. The summed E-state index contributed by atoms with van der Waals surface area (Å²) in [7, 11) is 2.16. The summed E-state index contributed by atoms with van der Waals surface area (Å²) in [6, 6.07) is 6.17. The number of nitrogens with zero attached hydrogens (tertiary/aromatic N) is 3. The molecule has 1 aromatic heterocycles. The average Bonchev–Trinajstić information content (AvgIpc) is 3.04. The zero-order chi connectivity index (χ0) is 20.4. The quantitative estimate of drug-likeness (QED) is 0.689. The Bertz CT molecular complexity index is 885. The van der Waals surface area contributed by atoms with Gasteiger partial charge in [-0.3, -0.25) is 4.98 Å². The van der Waals surface area contributed by atoms with Crippen LogP contribution < -0.4 is 15.8 Å². The molecule has 1 fully saturated rings. The number of nitrogens with one attached hydrogen (secondary N) is 2. The van der Waals surface area contributed by atoms with Gasteiger partial charge >= 0.3 is 5.97 Å². The van der Waals surface area contributed by atoms with Gasteiger partial charge in [-0.05, 0) is 69.6 Å². The van der Waals surface area contributed by atoms with Crippen LogP contribution in [0.5, 0.6) is 0 Å². The van der Waals surface area contributed by atoms with Gasteiger partial charge in [0.05, 0.1) is 23.1 Å². The Hall–Kier alpha value is -2.71. The molecule has 3 N–H and O–H groups in total. The third kappa shape index (κ3) is 4.33. The molecule has 29 heavy (non-hydrogen) atoms. The van der Waals surface area contributed by atoms with Crippen molar-refractivity contribution in [1.29, 1.82) is 0 Å². The highest BCUT2D eigenvalue weighted by Crippen LogP contribution is 2.35. The van der Waals surface area contributed by atoms with E-state index >= 15 is 0 Å². The minimum Gasteiger partial charge on any atom is -0.478 e. The number of halogens is 1. The van der Waals surface area contributed by atoms with Gasteiger partial charge in [-0.15, -0.1) is 0 Å². The maximum atomic E-state index is 13.9. The van der Waals surface area contributed by atoms with E-state index in [0.717, 1.165) is 37.3 Å². The van der Waals surface area contributed by atoms with Crippen LogP contribution in [0.2, 0.25) is 0 Å². The van der Waals surface area contributed by atoms with Crippen LogP contribution in [0.25, 0.3) is 0 Å². The van der Waals surface area contributed by atoms with Crippen molar-refractivity contribution in [3.63, 3.8) is 0 Å². The average molecular weight is 399 g/mol. The molecule has 0 saturated carbocycles. The molecule has 3 heterocycles. The molecule has 2 aliphatic rings. The van der Waals surface area contributed by atoms with Crippen LogP contribution in [0.3, 0.4) is 0 Å². The first kappa shape index (κ1) is 19.6. The number of likely N-dealkylation sites (tertiary alicyclic amines) is 1. The van der Waals surface area contributed by atoms with Crippen molar-refractivity contribution in [2.24, 2.45) is 5.92 Å². The number of carboxylic acid groups (broad SMARTS) is 1. The normalized spacial score (nSPS) is 19.9. The molecule has 0 aliphatic carbocycles. The van der Waals surface area contributed by atoms with Crippen molar-refractivity contribution >= 4 is 17.3 Å². The first-order chi connectivity index (χ1) is 14.0. The second kappa shape index (κ2) is 8.34. The molecule has 2 aromatic rings. The number of hydrogen-bond donors (Lipinski definition) is 3. The van der Waals surface area contributed by atoms with Gasteiger partial charge in [0.25, 0.3) is 0 Å². The van der Waals surface area contributed by atoms with Gasteiger partial charge in [-0.1, -0.05) is 0 Å². The number of hydrazine groups is 1. The number of anilines is 2. The van der Waals surface area contributed by atoms with Gasteiger partial charge in [-0.25, -0.2) is 14.6 Å². The Balaban J connectivity index is 1.50. The lowest BCUT2D eigenvalue weighted by Gasteiger charge is -2.30. The van der Waals surface area contributed by atoms with E-state index in [-0.39, 0.29) is 11.4 Å². The maximum absolute atomic E-state index is 13.9. The number of benzene rings is 1. The molecule has 1 aromatic carbocycles. The topological polar surface area (TPSA) is 80.7 Å². The lowest BCUT2D eigenvalue weighted by molar-refractivity contribution is 0.0697. The first-order valence-corrected chi connectivity index (χ1v) is 9.97. The number of aromatic nitrogens is 1. The number of pyridine rings is 1. The summed E-state index contributed by atoms with van der Waals surface area (Å²) in [5.74, 6) is -0.675. The van der Waals surface area contributed by atoms with E-state index < -0.39 is 12.1 Å². The molecular weight excluding hydrogens is 373 g/mol. The van der Waals surface area contributed by atoms with E-state index in [1.165, 1.54) is 43.4 Å². The fraction of sp³-hybridized carbons (Fsp3) is 0.429. The van der Waals surface area contributed by atoms with E-state index in [9.17, 15) is 14.3 Å². The summed E-state index contributed by atoms with van der Waals surface area (Å²) in [5.41, 5.74) is 5.57. The highest BCUT2D eigenvalue weighted by Gasteiger charge is 2.30. The van der Waals surface area contributed by atoms with Crippen molar-refractivity contribution in [2.45, 2.75) is 25.4 Å². The van der Waals surface area contributed by atoms with E-state index in [2.05, 4.69) is 27.7 Å². The van der Waals surface area contributed by atoms with Crippen molar-refractivity contribution in [3.05, 3.63) is 53.6 Å². The second-order valence-electron chi connectivity index (χ2n) is 7.82. The van der Waals surface area contributed by atoms with Crippen molar-refractivity contribution in [1.82, 2.24) is 15.3 Å². The molecule has 0 radical (unpaired) electrons. The molecule has 1 atom stereocenters. The van der Waals surface area contributed by atoms with Crippen LogP contribution in [0.15, 0.2) is 36.7 Å². The highest BCUT2D eigenvalue weighted by molar-refractivity contribution is 5.94. The van der Waals surface area contributed by atoms with Crippen LogP contribution in [-0.4, -0.2) is 47.6 Å². The summed E-state index contributed by atoms with van der Waals surface area (Å²) in [5, 5.41) is 14.6. The van der Waals surface area contributed by atoms with Gasteiger partial charge in [0.2, 0.25) is 0 Å². The molecule has 8 heteroatoms. The fourth-order valence-electron chi connectivity index (χ4n) is 4.11. The van der Waals surface area contributed by atoms with Crippen molar-refractivity contribution < 1.29 is 14.3 Å². The number of hydrogen-bond acceptors (Lipinski definition) is 6. The monoisotopic (exact) mass is 399 g/mol. The lowest BCUT2D eigenvalue weighted by atomic mass is 9.94. The van der Waals surface area contributed by atoms with Gasteiger partial charge in [0.1, 0.15) is 12.0 Å². The summed E-state index contributed by atoms with van der Waals surface area (Å²) in [6.45, 7) is 3.07. The standard InChI is InChI=1S/C21H26FN5O2/c1-26-9-5-14(6-10-26)7-11-27-19-3-2-15(22)12-17(19)20(25-27)24-18-13-23-8-4-16(18)21(28)29/h2-4,8,12-14,20,24-25H,5-7,9-11H2,1H3,(H,28,29). The van der Waals surface area contributed by atoms with Crippen LogP contribution in [-0.2, 0) is 0 Å². The molecule has 2 aliphatic heterocycles. The Morgan fingerprint density at radius 1 is 1.34 bits per heavy atom. The summed E-state index contributed by atoms with van der Waals surface area (Å²) < 4.78 is 13.9. The minimum absolute atomic E-state index is 0.129. The summed E-state index contributed by atoms with van der Waals surface area (Å²) in [6.07, 6.45) is 5.93. The van der Waals surface area contributed by atoms with E-state index in [0.29, 0.717) is 11.6 Å². The third-order valence-electron chi connectivity index (χ3n) is 5.83. The van der Waals surface area contributed by atoms with Gasteiger partial charge < -0.3 is 20.3 Å². The second-order valence-corrected chi connectivity index (χ2v) is 7.82. The Morgan fingerprint density at radius 3 is 2.90 bits per heavy atom. The molecule has 0 spiro atoms. The zero-order valence-corrected chi connectivity index (χ0v) is 16.4. The predicted molar refractivity (Wildman–Crippen MR) is 109 cm³/mol. The number of aromatic carboxylic acids is 1.